The van der Waals surface area contributed by atoms with Crippen LogP contribution in [-0.2, 0) is 0 Å². The standard InChI is InChI=1S/C10H5N3O.Na.H/c11-5-7(6-12)10-13-8-3-1-2-4-9(8)14-10;;/h1-4,13H;;. The molecule has 0 aliphatic carbocycles. The van der Waals surface area contributed by atoms with Gasteiger partial charge in [-0.25, -0.2) is 0 Å². The quantitative estimate of drug-likeness (QED) is 0.511. The Morgan fingerprint density at radius 3 is 2.47 bits per heavy atom. The Bertz CT molecular complexity index is 453. The molecule has 5 heteroatoms. The molecular formula is C10H6N3NaO. The second kappa shape index (κ2) is 4.86. The van der Waals surface area contributed by atoms with Crippen LogP contribution in [0.2, 0.25) is 0 Å². The van der Waals surface area contributed by atoms with Crippen LogP contribution in [0, 0.1) is 22.7 Å². The van der Waals surface area contributed by atoms with Gasteiger partial charge in [0.1, 0.15) is 12.1 Å². The molecule has 1 aromatic rings. The van der Waals surface area contributed by atoms with E-state index in [2.05, 4.69) is 5.32 Å². The van der Waals surface area contributed by atoms with E-state index in [1.54, 1.807) is 18.2 Å². The molecule has 1 N–H and O–H groups in total. The monoisotopic (exact) mass is 207 g/mol. The summed E-state index contributed by atoms with van der Waals surface area (Å²) in [5.41, 5.74) is 0.715. The number of nitrogens with zero attached hydrogens (tertiary/aromatic N) is 2. The van der Waals surface area contributed by atoms with Crippen molar-refractivity contribution in [1.82, 2.24) is 0 Å². The predicted molar refractivity (Wildman–Crippen MR) is 56.1 cm³/mol. The van der Waals surface area contributed by atoms with Gasteiger partial charge >= 0.3 is 29.6 Å². The molecule has 1 aliphatic rings. The van der Waals surface area contributed by atoms with Crippen LogP contribution in [0.1, 0.15) is 0 Å². The van der Waals surface area contributed by atoms with E-state index in [1.807, 2.05) is 18.2 Å². The van der Waals surface area contributed by atoms with E-state index in [9.17, 15) is 0 Å². The second-order valence-corrected chi connectivity index (χ2v) is 2.65. The molecule has 0 aromatic heterocycles. The summed E-state index contributed by atoms with van der Waals surface area (Å²) in [5, 5.41) is 20.1. The zero-order valence-corrected chi connectivity index (χ0v) is 7.11. The van der Waals surface area contributed by atoms with Gasteiger partial charge in [0.2, 0.25) is 5.88 Å². The molecule has 0 atom stereocenters. The van der Waals surface area contributed by atoms with Crippen LogP contribution in [0.25, 0.3) is 0 Å². The van der Waals surface area contributed by atoms with Crippen LogP contribution in [-0.4, -0.2) is 29.6 Å². The van der Waals surface area contributed by atoms with E-state index >= 15 is 0 Å². The van der Waals surface area contributed by atoms with Gasteiger partial charge in [0.15, 0.2) is 11.3 Å². The molecule has 4 nitrogen and oxygen atoms in total. The Labute approximate surface area is 109 Å². The molecule has 0 radical (unpaired) electrons. The number of rotatable bonds is 0. The number of allylic oxidation sites excluding steroid dienone is 1. The minimum absolute atomic E-state index is 0. The van der Waals surface area contributed by atoms with Crippen molar-refractivity contribution in [3.8, 4) is 17.9 Å². The van der Waals surface area contributed by atoms with Gasteiger partial charge in [0, 0.05) is 0 Å². The van der Waals surface area contributed by atoms with Crippen molar-refractivity contribution in [1.29, 1.82) is 10.5 Å². The summed E-state index contributed by atoms with van der Waals surface area (Å²) in [6.45, 7) is 0. The maximum absolute atomic E-state index is 8.62. The third-order valence-corrected chi connectivity index (χ3v) is 1.80. The van der Waals surface area contributed by atoms with Gasteiger partial charge < -0.3 is 10.1 Å². The predicted octanol–water partition coefficient (Wildman–Crippen LogP) is 1.10. The average Bonchev–Trinajstić information content (AvgIpc) is 2.63. The Morgan fingerprint density at radius 2 is 1.87 bits per heavy atom. The number of hydrogen-bond donors (Lipinski definition) is 1. The number of benzene rings is 1. The number of nitrogens with one attached hydrogen (secondary N) is 1. The van der Waals surface area contributed by atoms with Crippen LogP contribution in [0.4, 0.5) is 5.69 Å². The number of para-hydroxylation sites is 2. The van der Waals surface area contributed by atoms with E-state index in [0.717, 1.165) is 5.69 Å². The fourth-order valence-electron chi connectivity index (χ4n) is 1.16. The van der Waals surface area contributed by atoms with Crippen molar-refractivity contribution in [2.45, 2.75) is 0 Å². The van der Waals surface area contributed by atoms with Crippen molar-refractivity contribution in [2.75, 3.05) is 5.32 Å². The van der Waals surface area contributed by atoms with Gasteiger partial charge in [0.05, 0.1) is 5.69 Å². The summed E-state index contributed by atoms with van der Waals surface area (Å²) in [4.78, 5) is 0. The van der Waals surface area contributed by atoms with Crippen LogP contribution >= 0.6 is 0 Å². The fraction of sp³-hybridized carbons (Fsp3) is 0. The van der Waals surface area contributed by atoms with E-state index in [0.29, 0.717) is 5.75 Å². The average molecular weight is 207 g/mol. The topological polar surface area (TPSA) is 68.8 Å². The first-order valence-electron chi connectivity index (χ1n) is 3.93. The molecule has 0 spiro atoms. The molecule has 2 rings (SSSR count). The first-order chi connectivity index (χ1) is 6.85. The van der Waals surface area contributed by atoms with E-state index in [-0.39, 0.29) is 41.0 Å². The number of hydrogen-bond acceptors (Lipinski definition) is 4. The molecule has 1 heterocycles. The molecule has 0 saturated carbocycles. The van der Waals surface area contributed by atoms with Crippen molar-refractivity contribution in [3.63, 3.8) is 0 Å². The van der Waals surface area contributed by atoms with Crippen LogP contribution in [0.5, 0.6) is 5.75 Å². The summed E-state index contributed by atoms with van der Waals surface area (Å²) in [7, 11) is 0. The van der Waals surface area contributed by atoms with Crippen LogP contribution in [0.15, 0.2) is 35.7 Å². The second-order valence-electron chi connectivity index (χ2n) is 2.65. The first-order valence-corrected chi connectivity index (χ1v) is 3.93. The van der Waals surface area contributed by atoms with Crippen molar-refractivity contribution in [2.24, 2.45) is 0 Å². The van der Waals surface area contributed by atoms with Crippen molar-refractivity contribution in [3.05, 3.63) is 35.7 Å². The molecule has 68 valence electrons. The summed E-state index contributed by atoms with van der Waals surface area (Å²) in [6.07, 6.45) is 0. The molecule has 0 amide bonds. The molecule has 0 saturated heterocycles. The first kappa shape index (κ1) is 11.6. The number of fused-ring (bicyclic) bond motifs is 1. The Balaban J connectivity index is 0.00000112. The molecular weight excluding hydrogens is 201 g/mol. The van der Waals surface area contributed by atoms with Gasteiger partial charge in [-0.3, -0.25) is 0 Å². The maximum atomic E-state index is 8.62. The number of anilines is 1. The van der Waals surface area contributed by atoms with E-state index < -0.39 is 0 Å². The summed E-state index contributed by atoms with van der Waals surface area (Å²) in [6, 6.07) is 10.8. The van der Waals surface area contributed by atoms with Crippen molar-refractivity contribution >= 4 is 35.2 Å². The number of nitriles is 2. The van der Waals surface area contributed by atoms with Gasteiger partial charge in [-0.05, 0) is 12.1 Å². The number of ether oxygens (including phenoxy) is 1. The van der Waals surface area contributed by atoms with Crippen molar-refractivity contribution < 1.29 is 4.74 Å². The minimum atomic E-state index is -0.0544. The molecule has 1 aliphatic heterocycles. The zero-order valence-electron chi connectivity index (χ0n) is 7.11. The summed E-state index contributed by atoms with van der Waals surface area (Å²) < 4.78 is 5.27. The molecule has 0 fully saturated rings. The Hall–Kier alpha value is -1.46. The fourth-order valence-corrected chi connectivity index (χ4v) is 1.16. The van der Waals surface area contributed by atoms with E-state index in [4.69, 9.17) is 15.3 Å². The summed E-state index contributed by atoms with van der Waals surface area (Å²) in [5.74, 6) is 0.835. The Kier molecular flexibility index (Phi) is 3.76. The molecule has 1 aromatic carbocycles. The Morgan fingerprint density at radius 1 is 1.20 bits per heavy atom. The third kappa shape index (κ3) is 2.14. The normalized spacial score (nSPS) is 10.9. The van der Waals surface area contributed by atoms with Crippen LogP contribution in [0.3, 0.4) is 0 Å². The van der Waals surface area contributed by atoms with Gasteiger partial charge in [0.25, 0.3) is 0 Å². The third-order valence-electron chi connectivity index (χ3n) is 1.80. The van der Waals surface area contributed by atoms with Gasteiger partial charge in [-0.1, -0.05) is 12.1 Å². The molecule has 0 bridgehead atoms. The zero-order chi connectivity index (χ0) is 9.97. The van der Waals surface area contributed by atoms with Gasteiger partial charge in [-0.15, -0.1) is 0 Å². The molecule has 0 unspecified atom stereocenters. The molecule has 15 heavy (non-hydrogen) atoms. The summed E-state index contributed by atoms with van der Waals surface area (Å²) >= 11 is 0. The van der Waals surface area contributed by atoms with E-state index in [1.165, 1.54) is 0 Å². The van der Waals surface area contributed by atoms with Crippen LogP contribution < -0.4 is 10.1 Å². The van der Waals surface area contributed by atoms with Gasteiger partial charge in [-0.2, -0.15) is 10.5 Å². The SMILES string of the molecule is N#CC(C#N)=C1Nc2ccccc2O1.[NaH].